The van der Waals surface area contributed by atoms with Crippen molar-refractivity contribution in [1.82, 2.24) is 15.3 Å². The van der Waals surface area contributed by atoms with E-state index in [4.69, 9.17) is 10.5 Å². The monoisotopic (exact) mass is 411 g/mol. The number of hydrogen-bond donors (Lipinski definition) is 3. The number of carbonyl (C=O) groups excluding carboxylic acids is 1. The van der Waals surface area contributed by atoms with Crippen LogP contribution >= 0.6 is 0 Å². The second-order valence-electron chi connectivity index (χ2n) is 6.03. The predicted octanol–water partition coefficient (Wildman–Crippen LogP) is 1.89. The van der Waals surface area contributed by atoms with Crippen LogP contribution in [0.25, 0.3) is 5.70 Å². The van der Waals surface area contributed by atoms with Gasteiger partial charge in [0.1, 0.15) is 11.9 Å². The van der Waals surface area contributed by atoms with Crippen LogP contribution in [0, 0.1) is 22.0 Å². The maximum absolute atomic E-state index is 12.8. The highest BCUT2D eigenvalue weighted by Crippen LogP contribution is 2.38. The zero-order valence-electron chi connectivity index (χ0n) is 16.5. The van der Waals surface area contributed by atoms with E-state index in [0.29, 0.717) is 12.1 Å². The van der Waals surface area contributed by atoms with Gasteiger partial charge in [-0.25, -0.2) is 9.97 Å². The van der Waals surface area contributed by atoms with Gasteiger partial charge in [0.05, 0.1) is 30.0 Å². The molecule has 1 heterocycles. The van der Waals surface area contributed by atoms with Crippen LogP contribution in [0.1, 0.15) is 31.0 Å². The molecule has 2 rings (SSSR count). The van der Waals surface area contributed by atoms with Gasteiger partial charge < -0.3 is 20.9 Å². The fourth-order valence-corrected chi connectivity index (χ4v) is 2.39. The van der Waals surface area contributed by atoms with Crippen LogP contribution in [0.2, 0.25) is 0 Å². The molecule has 1 aromatic carbocycles. The summed E-state index contributed by atoms with van der Waals surface area (Å²) in [6.07, 6.45) is 4.22. The number of unbranched alkanes of at least 4 members (excludes halogenated alkanes) is 1. The second kappa shape index (κ2) is 10.4. The van der Waals surface area contributed by atoms with Crippen LogP contribution in [0.4, 0.5) is 5.69 Å². The fourth-order valence-electron chi connectivity index (χ4n) is 2.39. The van der Waals surface area contributed by atoms with E-state index in [-0.39, 0.29) is 29.1 Å². The molecule has 0 aliphatic carbocycles. The van der Waals surface area contributed by atoms with Gasteiger partial charge in [-0.15, -0.1) is 0 Å². The van der Waals surface area contributed by atoms with Crippen molar-refractivity contribution in [3.8, 4) is 23.3 Å². The summed E-state index contributed by atoms with van der Waals surface area (Å²) in [6.45, 7) is 2.05. The SMILES string of the molecule is CCCC#C/C(C(=O)NCc1ccncn1)=C(/N)c1cc(OC)c(O)c([N+](=O)[O-])c1. The quantitative estimate of drug-likeness (QED) is 0.270. The van der Waals surface area contributed by atoms with Crippen molar-refractivity contribution >= 4 is 17.3 Å². The van der Waals surface area contributed by atoms with E-state index in [1.165, 1.54) is 19.5 Å². The molecule has 4 N–H and O–H groups in total. The summed E-state index contributed by atoms with van der Waals surface area (Å²) in [4.78, 5) is 31.1. The van der Waals surface area contributed by atoms with Gasteiger partial charge in [0.15, 0.2) is 5.75 Å². The third-order valence-electron chi connectivity index (χ3n) is 3.94. The third-order valence-corrected chi connectivity index (χ3v) is 3.94. The third kappa shape index (κ3) is 5.45. The number of amides is 1. The number of nitrogens with zero attached hydrogens (tertiary/aromatic N) is 3. The Morgan fingerprint density at radius 2 is 2.20 bits per heavy atom. The van der Waals surface area contributed by atoms with E-state index >= 15 is 0 Å². The van der Waals surface area contributed by atoms with Crippen molar-refractivity contribution in [2.24, 2.45) is 5.73 Å². The number of hydrogen-bond acceptors (Lipinski definition) is 8. The van der Waals surface area contributed by atoms with Crippen molar-refractivity contribution in [1.29, 1.82) is 0 Å². The summed E-state index contributed by atoms with van der Waals surface area (Å²) in [7, 11) is 1.25. The highest BCUT2D eigenvalue weighted by Gasteiger charge is 2.22. The number of phenols is 1. The number of aromatic nitrogens is 2. The molecule has 30 heavy (non-hydrogen) atoms. The van der Waals surface area contributed by atoms with E-state index in [1.807, 2.05) is 6.92 Å². The van der Waals surface area contributed by atoms with Crippen molar-refractivity contribution < 1.29 is 19.6 Å². The lowest BCUT2D eigenvalue weighted by molar-refractivity contribution is -0.386. The van der Waals surface area contributed by atoms with Gasteiger partial charge in [0.25, 0.3) is 5.91 Å². The highest BCUT2D eigenvalue weighted by atomic mass is 16.6. The Morgan fingerprint density at radius 1 is 1.43 bits per heavy atom. The van der Waals surface area contributed by atoms with E-state index in [9.17, 15) is 20.0 Å². The largest absolute Gasteiger partial charge is 0.500 e. The van der Waals surface area contributed by atoms with Crippen LogP contribution in [0.3, 0.4) is 0 Å². The zero-order valence-corrected chi connectivity index (χ0v) is 16.5. The van der Waals surface area contributed by atoms with E-state index in [1.54, 1.807) is 12.3 Å². The number of methoxy groups -OCH3 is 1. The number of nitro groups is 1. The van der Waals surface area contributed by atoms with Gasteiger partial charge in [0.2, 0.25) is 5.75 Å². The van der Waals surface area contributed by atoms with Crippen molar-refractivity contribution in [2.75, 3.05) is 7.11 Å². The maximum atomic E-state index is 12.8. The molecule has 0 aliphatic rings. The number of phenolic OH excluding ortho intramolecular Hbond substituents is 1. The first kappa shape index (κ1) is 22.2. The van der Waals surface area contributed by atoms with Gasteiger partial charge in [-0.1, -0.05) is 18.8 Å². The van der Waals surface area contributed by atoms with Crippen molar-refractivity contribution in [3.63, 3.8) is 0 Å². The molecule has 0 saturated carbocycles. The van der Waals surface area contributed by atoms with Gasteiger partial charge in [-0.2, -0.15) is 0 Å². The van der Waals surface area contributed by atoms with Crippen LogP contribution < -0.4 is 15.8 Å². The summed E-state index contributed by atoms with van der Waals surface area (Å²) in [5, 5.41) is 23.9. The van der Waals surface area contributed by atoms with Crippen molar-refractivity contribution in [3.05, 3.63) is 57.7 Å². The zero-order chi connectivity index (χ0) is 22.1. The molecule has 2 aromatic rings. The average Bonchev–Trinajstić information content (AvgIpc) is 2.75. The van der Waals surface area contributed by atoms with Crippen LogP contribution in [0.15, 0.2) is 36.3 Å². The number of rotatable bonds is 7. The lowest BCUT2D eigenvalue weighted by atomic mass is 10.0. The first-order chi connectivity index (χ1) is 14.4. The van der Waals surface area contributed by atoms with Crippen LogP contribution in [-0.2, 0) is 11.3 Å². The number of benzene rings is 1. The lowest BCUT2D eigenvalue weighted by Gasteiger charge is -2.11. The van der Waals surface area contributed by atoms with Crippen LogP contribution in [0.5, 0.6) is 11.5 Å². The number of nitro benzene ring substituents is 1. The molecule has 10 nitrogen and oxygen atoms in total. The first-order valence-electron chi connectivity index (χ1n) is 8.96. The maximum Gasteiger partial charge on any atom is 0.315 e. The van der Waals surface area contributed by atoms with Gasteiger partial charge in [-0.3, -0.25) is 14.9 Å². The Hall–Kier alpha value is -4.13. The smallest absolute Gasteiger partial charge is 0.315 e. The van der Waals surface area contributed by atoms with Gasteiger partial charge in [-0.05, 0) is 18.6 Å². The highest BCUT2D eigenvalue weighted by molar-refractivity contribution is 6.05. The summed E-state index contributed by atoms with van der Waals surface area (Å²) in [6, 6.07) is 4.01. The minimum Gasteiger partial charge on any atom is -0.500 e. The number of ether oxygens (including phenoxy) is 1. The molecule has 0 bridgehead atoms. The molecule has 1 aromatic heterocycles. The summed E-state index contributed by atoms with van der Waals surface area (Å²) < 4.78 is 4.99. The number of nitrogens with one attached hydrogen (secondary N) is 1. The minimum atomic E-state index is -0.772. The number of nitrogens with two attached hydrogens (primary N) is 1. The lowest BCUT2D eigenvalue weighted by Crippen LogP contribution is -2.26. The first-order valence-corrected chi connectivity index (χ1v) is 8.96. The molecule has 0 aliphatic heterocycles. The van der Waals surface area contributed by atoms with Gasteiger partial charge >= 0.3 is 5.69 Å². The molecular formula is C20H21N5O5. The fraction of sp³-hybridized carbons (Fsp3) is 0.250. The molecule has 0 unspecified atom stereocenters. The van der Waals surface area contributed by atoms with E-state index in [0.717, 1.165) is 12.5 Å². The summed E-state index contributed by atoms with van der Waals surface area (Å²) >= 11 is 0. The van der Waals surface area contributed by atoms with E-state index in [2.05, 4.69) is 27.1 Å². The molecule has 156 valence electrons. The van der Waals surface area contributed by atoms with Crippen molar-refractivity contribution in [2.45, 2.75) is 26.3 Å². The average molecular weight is 411 g/mol. The summed E-state index contributed by atoms with van der Waals surface area (Å²) in [5.74, 6) is 4.25. The number of aromatic hydroxyl groups is 1. The second-order valence-corrected chi connectivity index (χ2v) is 6.03. The minimum absolute atomic E-state index is 0.0560. The molecule has 10 heteroatoms. The molecule has 0 radical (unpaired) electrons. The van der Waals surface area contributed by atoms with E-state index < -0.39 is 22.3 Å². The predicted molar refractivity (Wildman–Crippen MR) is 109 cm³/mol. The molecule has 0 atom stereocenters. The van der Waals surface area contributed by atoms with Crippen LogP contribution in [-0.4, -0.2) is 33.0 Å². The normalized spacial score (nSPS) is 11.0. The molecule has 1 amide bonds. The molecular weight excluding hydrogens is 390 g/mol. The molecule has 0 fully saturated rings. The number of carbonyl (C=O) groups is 1. The Balaban J connectivity index is 2.48. The molecule has 0 spiro atoms. The Morgan fingerprint density at radius 3 is 2.80 bits per heavy atom. The Bertz CT molecular complexity index is 1030. The Kier molecular flexibility index (Phi) is 7.70. The Labute approximate surface area is 172 Å². The standard InChI is InChI=1S/C20H21N5O5/c1-3-4-5-6-15(20(27)23-11-14-7-8-22-12-24-14)18(21)13-9-16(25(28)29)19(26)17(10-13)30-2/h7-10,12,26H,3-4,11,21H2,1-2H3,(H,23,27)/b18-15-. The molecule has 0 saturated heterocycles. The van der Waals surface area contributed by atoms with Gasteiger partial charge in [0, 0.05) is 24.2 Å². The summed E-state index contributed by atoms with van der Waals surface area (Å²) in [5.41, 5.74) is 6.13. The topological polar surface area (TPSA) is 154 Å².